The van der Waals surface area contributed by atoms with Crippen molar-refractivity contribution in [1.29, 1.82) is 0 Å². The van der Waals surface area contributed by atoms with Gasteiger partial charge in [-0.3, -0.25) is 0 Å². The standard InChI is InChI=1S/C18H18O/c1-14-4-8-16(9-5-14)12-13-18(3,19)17-10-6-15(2)7-11-17/h4-11,19H,1-3H3. The Morgan fingerprint density at radius 3 is 1.84 bits per heavy atom. The summed E-state index contributed by atoms with van der Waals surface area (Å²) in [7, 11) is 0. The molecule has 0 amide bonds. The Hall–Kier alpha value is -2.04. The van der Waals surface area contributed by atoms with E-state index in [4.69, 9.17) is 0 Å². The normalized spacial score (nSPS) is 13.3. The predicted octanol–water partition coefficient (Wildman–Crippen LogP) is 3.56. The van der Waals surface area contributed by atoms with E-state index in [2.05, 4.69) is 11.8 Å². The molecule has 19 heavy (non-hydrogen) atoms. The molecule has 0 fully saturated rings. The van der Waals surface area contributed by atoms with Gasteiger partial charge in [0.2, 0.25) is 0 Å². The maximum Gasteiger partial charge on any atom is 0.148 e. The van der Waals surface area contributed by atoms with E-state index in [1.54, 1.807) is 6.92 Å². The third-order valence-corrected chi connectivity index (χ3v) is 3.12. The van der Waals surface area contributed by atoms with Crippen LogP contribution in [0.5, 0.6) is 0 Å². The summed E-state index contributed by atoms with van der Waals surface area (Å²) in [4.78, 5) is 0. The molecule has 0 saturated heterocycles. The van der Waals surface area contributed by atoms with Crippen molar-refractivity contribution in [1.82, 2.24) is 0 Å². The fraction of sp³-hybridized carbons (Fsp3) is 0.222. The van der Waals surface area contributed by atoms with Crippen molar-refractivity contribution in [3.63, 3.8) is 0 Å². The molecule has 0 aliphatic rings. The van der Waals surface area contributed by atoms with Crippen LogP contribution in [0, 0.1) is 25.7 Å². The van der Waals surface area contributed by atoms with Gasteiger partial charge in [-0.2, -0.15) is 0 Å². The molecule has 2 rings (SSSR count). The summed E-state index contributed by atoms with van der Waals surface area (Å²) in [5.41, 5.74) is 2.98. The number of benzene rings is 2. The summed E-state index contributed by atoms with van der Waals surface area (Å²) >= 11 is 0. The third-order valence-electron chi connectivity index (χ3n) is 3.12. The third kappa shape index (κ3) is 3.47. The van der Waals surface area contributed by atoms with Crippen LogP contribution in [-0.4, -0.2) is 5.11 Å². The van der Waals surface area contributed by atoms with Crippen LogP contribution in [-0.2, 0) is 5.60 Å². The van der Waals surface area contributed by atoms with E-state index >= 15 is 0 Å². The van der Waals surface area contributed by atoms with Crippen molar-refractivity contribution in [2.45, 2.75) is 26.4 Å². The summed E-state index contributed by atoms with van der Waals surface area (Å²) in [5, 5.41) is 10.4. The van der Waals surface area contributed by atoms with Gasteiger partial charge in [0.1, 0.15) is 5.60 Å². The molecule has 0 saturated carbocycles. The van der Waals surface area contributed by atoms with Gasteiger partial charge < -0.3 is 5.11 Å². The first-order chi connectivity index (χ1) is 8.97. The van der Waals surface area contributed by atoms with Gasteiger partial charge in [0.05, 0.1) is 0 Å². The molecule has 1 atom stereocenters. The van der Waals surface area contributed by atoms with Crippen molar-refractivity contribution < 1.29 is 5.11 Å². The number of hydrogen-bond donors (Lipinski definition) is 1. The topological polar surface area (TPSA) is 20.2 Å². The van der Waals surface area contributed by atoms with E-state index in [0.717, 1.165) is 11.1 Å². The van der Waals surface area contributed by atoms with Gasteiger partial charge in [-0.25, -0.2) is 0 Å². The zero-order valence-electron chi connectivity index (χ0n) is 11.6. The van der Waals surface area contributed by atoms with Gasteiger partial charge in [-0.05, 0) is 38.5 Å². The molecule has 0 aromatic heterocycles. The van der Waals surface area contributed by atoms with E-state index in [1.807, 2.05) is 62.4 Å². The van der Waals surface area contributed by atoms with Crippen molar-refractivity contribution in [2.75, 3.05) is 0 Å². The zero-order chi connectivity index (χ0) is 13.9. The van der Waals surface area contributed by atoms with Crippen molar-refractivity contribution >= 4 is 0 Å². The molecule has 0 heterocycles. The Morgan fingerprint density at radius 1 is 0.842 bits per heavy atom. The van der Waals surface area contributed by atoms with Gasteiger partial charge in [-0.15, -0.1) is 0 Å². The highest BCUT2D eigenvalue weighted by molar-refractivity contribution is 5.40. The van der Waals surface area contributed by atoms with Gasteiger partial charge in [-0.1, -0.05) is 59.4 Å². The summed E-state index contributed by atoms with van der Waals surface area (Å²) in [6.45, 7) is 5.79. The van der Waals surface area contributed by atoms with Crippen molar-refractivity contribution in [3.05, 3.63) is 70.8 Å². The minimum Gasteiger partial charge on any atom is -0.374 e. The zero-order valence-corrected chi connectivity index (χ0v) is 11.6. The Kier molecular flexibility index (Phi) is 3.74. The van der Waals surface area contributed by atoms with Crippen molar-refractivity contribution in [3.8, 4) is 11.8 Å². The van der Waals surface area contributed by atoms with Crippen LogP contribution < -0.4 is 0 Å². The van der Waals surface area contributed by atoms with Crippen LogP contribution in [0.15, 0.2) is 48.5 Å². The molecule has 2 aromatic carbocycles. The van der Waals surface area contributed by atoms with Gasteiger partial charge >= 0.3 is 0 Å². The highest BCUT2D eigenvalue weighted by Gasteiger charge is 2.19. The summed E-state index contributed by atoms with van der Waals surface area (Å²) in [5.74, 6) is 5.96. The molecular formula is C18H18O. The van der Waals surface area contributed by atoms with E-state index in [9.17, 15) is 5.11 Å². The van der Waals surface area contributed by atoms with E-state index in [1.165, 1.54) is 11.1 Å². The van der Waals surface area contributed by atoms with Gasteiger partial charge in [0, 0.05) is 5.56 Å². The average molecular weight is 250 g/mol. The van der Waals surface area contributed by atoms with E-state index in [0.29, 0.717) is 0 Å². The molecule has 0 spiro atoms. The molecule has 2 aromatic rings. The highest BCUT2D eigenvalue weighted by Crippen LogP contribution is 2.20. The molecule has 1 nitrogen and oxygen atoms in total. The Labute approximate surface area is 114 Å². The first-order valence-electron chi connectivity index (χ1n) is 6.37. The minimum absolute atomic E-state index is 0.817. The molecule has 0 aliphatic carbocycles. The fourth-order valence-corrected chi connectivity index (χ4v) is 1.78. The van der Waals surface area contributed by atoms with Crippen LogP contribution in [0.4, 0.5) is 0 Å². The van der Waals surface area contributed by atoms with Crippen LogP contribution in [0.3, 0.4) is 0 Å². The monoisotopic (exact) mass is 250 g/mol. The maximum atomic E-state index is 10.4. The lowest BCUT2D eigenvalue weighted by Gasteiger charge is -2.16. The number of rotatable bonds is 1. The maximum absolute atomic E-state index is 10.4. The molecule has 0 bridgehead atoms. The lowest BCUT2D eigenvalue weighted by molar-refractivity contribution is 0.122. The Morgan fingerprint density at radius 2 is 1.32 bits per heavy atom. The number of hydrogen-bond acceptors (Lipinski definition) is 1. The number of aliphatic hydroxyl groups is 1. The minimum atomic E-state index is -1.13. The molecule has 0 aliphatic heterocycles. The summed E-state index contributed by atoms with van der Waals surface area (Å²) in [6.07, 6.45) is 0. The lowest BCUT2D eigenvalue weighted by atomic mass is 9.95. The molecule has 96 valence electrons. The van der Waals surface area contributed by atoms with Crippen LogP contribution in [0.25, 0.3) is 0 Å². The fourth-order valence-electron chi connectivity index (χ4n) is 1.78. The quantitative estimate of drug-likeness (QED) is 0.767. The van der Waals surface area contributed by atoms with Gasteiger partial charge in [0.15, 0.2) is 0 Å². The Balaban J connectivity index is 2.26. The Bertz CT molecular complexity index is 607. The summed E-state index contributed by atoms with van der Waals surface area (Å²) in [6, 6.07) is 15.8. The van der Waals surface area contributed by atoms with E-state index in [-0.39, 0.29) is 0 Å². The van der Waals surface area contributed by atoms with Gasteiger partial charge in [0.25, 0.3) is 0 Å². The second-order valence-electron chi connectivity index (χ2n) is 5.05. The lowest BCUT2D eigenvalue weighted by Crippen LogP contribution is -2.18. The molecule has 1 N–H and O–H groups in total. The highest BCUT2D eigenvalue weighted by atomic mass is 16.3. The molecule has 1 heteroatoms. The first-order valence-corrected chi connectivity index (χ1v) is 6.37. The van der Waals surface area contributed by atoms with Crippen LogP contribution >= 0.6 is 0 Å². The average Bonchev–Trinajstić information content (AvgIpc) is 2.39. The first kappa shape index (κ1) is 13.4. The SMILES string of the molecule is Cc1ccc(C#CC(C)(O)c2ccc(C)cc2)cc1. The number of aryl methyl sites for hydroxylation is 2. The van der Waals surface area contributed by atoms with Crippen LogP contribution in [0.2, 0.25) is 0 Å². The molecule has 0 radical (unpaired) electrons. The predicted molar refractivity (Wildman–Crippen MR) is 78.8 cm³/mol. The van der Waals surface area contributed by atoms with E-state index < -0.39 is 5.60 Å². The largest absolute Gasteiger partial charge is 0.374 e. The second kappa shape index (κ2) is 5.30. The van der Waals surface area contributed by atoms with Crippen molar-refractivity contribution in [2.24, 2.45) is 0 Å². The molecular weight excluding hydrogens is 232 g/mol. The van der Waals surface area contributed by atoms with Crippen LogP contribution in [0.1, 0.15) is 29.2 Å². The molecule has 1 unspecified atom stereocenters. The smallest absolute Gasteiger partial charge is 0.148 e. The second-order valence-corrected chi connectivity index (χ2v) is 5.05. The summed E-state index contributed by atoms with van der Waals surface area (Å²) < 4.78 is 0.